The number of hydrogen-bond donors (Lipinski definition) is 0. The van der Waals surface area contributed by atoms with Gasteiger partial charge in [-0.05, 0) is 17.7 Å². The van der Waals surface area contributed by atoms with Crippen LogP contribution in [-0.2, 0) is 12.8 Å². The third kappa shape index (κ3) is 3.08. The summed E-state index contributed by atoms with van der Waals surface area (Å²) in [6.07, 6.45) is 0.228. The van der Waals surface area contributed by atoms with Crippen LogP contribution >= 0.6 is 0 Å². The number of nitrogens with zero attached hydrogens (tertiary/aromatic N) is 4. The first-order valence-electron chi connectivity index (χ1n) is 6.47. The van der Waals surface area contributed by atoms with E-state index in [1.165, 1.54) is 24.5 Å². The normalized spacial score (nSPS) is 11.4. The molecule has 0 aliphatic rings. The quantitative estimate of drug-likeness (QED) is 0.688. The number of alkyl halides is 3. The van der Waals surface area contributed by atoms with Gasteiger partial charge in [-0.15, -0.1) is 0 Å². The van der Waals surface area contributed by atoms with Gasteiger partial charge in [-0.25, -0.2) is 4.98 Å². The van der Waals surface area contributed by atoms with Crippen LogP contribution in [-0.4, -0.2) is 14.4 Å². The van der Waals surface area contributed by atoms with Crippen LogP contribution in [0.15, 0.2) is 42.9 Å². The summed E-state index contributed by atoms with van der Waals surface area (Å²) < 4.78 is 45.1. The van der Waals surface area contributed by atoms with E-state index in [1.54, 1.807) is 10.6 Å². The molecule has 0 atom stereocenters. The molecule has 2 heterocycles. The highest BCUT2D eigenvalue weighted by molar-refractivity contribution is 5.54. The Morgan fingerprint density at radius 2 is 2.13 bits per heavy atom. The maximum Gasteiger partial charge on any atom is 0.416 e. The van der Waals surface area contributed by atoms with Crippen molar-refractivity contribution in [2.24, 2.45) is 0 Å². The van der Waals surface area contributed by atoms with E-state index >= 15 is 0 Å². The molecule has 0 fully saturated rings. The van der Waals surface area contributed by atoms with Gasteiger partial charge in [-0.2, -0.15) is 13.2 Å². The molecule has 0 aliphatic heterocycles. The number of rotatable bonds is 3. The third-order valence-electron chi connectivity index (χ3n) is 3.08. The average Bonchev–Trinajstić information content (AvgIpc) is 3.00. The molecule has 5 nitrogen and oxygen atoms in total. The van der Waals surface area contributed by atoms with Gasteiger partial charge in [0.05, 0.1) is 5.56 Å². The number of benzene rings is 1. The van der Waals surface area contributed by atoms with Crippen LogP contribution in [0.3, 0.4) is 0 Å². The fourth-order valence-corrected chi connectivity index (χ4v) is 2.03. The molecule has 23 heavy (non-hydrogen) atoms. The van der Waals surface area contributed by atoms with Crippen LogP contribution in [0.1, 0.15) is 11.1 Å². The Bertz CT molecular complexity index is 896. The van der Waals surface area contributed by atoms with Gasteiger partial charge in [0.1, 0.15) is 6.61 Å². The molecular weight excluding hydrogens is 309 g/mol. The summed E-state index contributed by atoms with van der Waals surface area (Å²) in [4.78, 5) is 11.3. The number of ether oxygens (including phenoxy) is 1. The van der Waals surface area contributed by atoms with Crippen LogP contribution in [0.2, 0.25) is 0 Å². The second-order valence-electron chi connectivity index (χ2n) is 4.66. The summed E-state index contributed by atoms with van der Waals surface area (Å²) in [5.41, 5.74) is -0.00338. The zero-order valence-electron chi connectivity index (χ0n) is 11.6. The molecule has 0 saturated heterocycles. The molecule has 3 aromatic rings. The van der Waals surface area contributed by atoms with E-state index in [9.17, 15) is 13.2 Å². The summed E-state index contributed by atoms with van der Waals surface area (Å²) in [6.45, 7) is 6.90. The van der Waals surface area contributed by atoms with Gasteiger partial charge < -0.3 is 14.0 Å². The molecule has 1 aromatic carbocycles. The Morgan fingerprint density at radius 3 is 2.87 bits per heavy atom. The van der Waals surface area contributed by atoms with E-state index in [0.29, 0.717) is 11.2 Å². The average molecular weight is 318 g/mol. The lowest BCUT2D eigenvalue weighted by Gasteiger charge is -2.09. The van der Waals surface area contributed by atoms with Gasteiger partial charge in [-0.1, -0.05) is 23.7 Å². The van der Waals surface area contributed by atoms with Crippen LogP contribution in [0.4, 0.5) is 19.0 Å². The van der Waals surface area contributed by atoms with Gasteiger partial charge in [-0.3, -0.25) is 0 Å². The van der Waals surface area contributed by atoms with Crippen LogP contribution in [0, 0.1) is 6.57 Å². The maximum atomic E-state index is 12.7. The molecule has 8 heteroatoms. The summed E-state index contributed by atoms with van der Waals surface area (Å²) >= 11 is 0. The molecule has 0 amide bonds. The Hall–Kier alpha value is -3.08. The first kappa shape index (κ1) is 14.8. The van der Waals surface area contributed by atoms with Crippen molar-refractivity contribution in [3.8, 4) is 5.88 Å². The fraction of sp³-hybridized carbons (Fsp3) is 0.133. The SMILES string of the molecule is [C-]#[N+]c1cn2ccnc2c(OCc2cccc(C(F)(F)F)c2)n1. The van der Waals surface area contributed by atoms with Gasteiger partial charge in [0, 0.05) is 18.6 Å². The van der Waals surface area contributed by atoms with Crippen LogP contribution in [0.25, 0.3) is 10.5 Å². The lowest BCUT2D eigenvalue weighted by atomic mass is 10.1. The van der Waals surface area contributed by atoms with E-state index < -0.39 is 11.7 Å². The molecule has 0 radical (unpaired) electrons. The van der Waals surface area contributed by atoms with Gasteiger partial charge in [0.2, 0.25) is 5.65 Å². The minimum atomic E-state index is -4.41. The predicted octanol–water partition coefficient (Wildman–Crippen LogP) is 3.88. The predicted molar refractivity (Wildman–Crippen MR) is 75.0 cm³/mol. The van der Waals surface area contributed by atoms with Crippen LogP contribution in [0.5, 0.6) is 5.88 Å². The van der Waals surface area contributed by atoms with E-state index in [1.807, 2.05) is 0 Å². The summed E-state index contributed by atoms with van der Waals surface area (Å²) in [5.74, 6) is 0.204. The molecular formula is C15H9F3N4O. The van der Waals surface area contributed by atoms with E-state index in [-0.39, 0.29) is 18.3 Å². The second kappa shape index (κ2) is 5.61. The molecule has 0 spiro atoms. The van der Waals surface area contributed by atoms with Crippen molar-refractivity contribution in [1.82, 2.24) is 14.4 Å². The van der Waals surface area contributed by atoms with Crippen molar-refractivity contribution in [1.29, 1.82) is 0 Å². The highest BCUT2D eigenvalue weighted by Gasteiger charge is 2.30. The minimum Gasteiger partial charge on any atom is -0.453 e. The number of aromatic nitrogens is 3. The summed E-state index contributed by atoms with van der Waals surface area (Å²) in [5, 5.41) is 0. The topological polar surface area (TPSA) is 43.8 Å². The first-order valence-corrected chi connectivity index (χ1v) is 6.47. The monoisotopic (exact) mass is 318 g/mol. The third-order valence-corrected chi connectivity index (χ3v) is 3.08. The van der Waals surface area contributed by atoms with Crippen molar-refractivity contribution in [3.05, 3.63) is 65.4 Å². The number of hydrogen-bond acceptors (Lipinski definition) is 3. The van der Waals surface area contributed by atoms with Crippen molar-refractivity contribution >= 4 is 11.5 Å². The Morgan fingerprint density at radius 1 is 1.30 bits per heavy atom. The highest BCUT2D eigenvalue weighted by atomic mass is 19.4. The van der Waals surface area contributed by atoms with Crippen molar-refractivity contribution in [2.45, 2.75) is 12.8 Å². The molecule has 3 rings (SSSR count). The second-order valence-corrected chi connectivity index (χ2v) is 4.66. The van der Waals surface area contributed by atoms with E-state index in [2.05, 4.69) is 14.8 Å². The van der Waals surface area contributed by atoms with E-state index in [0.717, 1.165) is 12.1 Å². The van der Waals surface area contributed by atoms with Gasteiger partial charge in [0.15, 0.2) is 0 Å². The van der Waals surface area contributed by atoms with Crippen molar-refractivity contribution in [2.75, 3.05) is 0 Å². The molecule has 116 valence electrons. The first-order chi connectivity index (χ1) is 11.0. The maximum absolute atomic E-state index is 12.7. The number of fused-ring (bicyclic) bond motifs is 1. The van der Waals surface area contributed by atoms with Gasteiger partial charge >= 0.3 is 12.1 Å². The Labute approximate surface area is 128 Å². The molecule has 0 saturated carbocycles. The largest absolute Gasteiger partial charge is 0.453 e. The van der Waals surface area contributed by atoms with Crippen LogP contribution < -0.4 is 4.74 Å². The Balaban J connectivity index is 1.87. The van der Waals surface area contributed by atoms with Gasteiger partial charge in [0.25, 0.3) is 5.82 Å². The molecule has 2 aromatic heterocycles. The molecule has 0 bridgehead atoms. The summed E-state index contributed by atoms with van der Waals surface area (Å²) in [7, 11) is 0. The lowest BCUT2D eigenvalue weighted by molar-refractivity contribution is -0.137. The number of halogens is 3. The summed E-state index contributed by atoms with van der Waals surface area (Å²) in [6, 6.07) is 4.85. The van der Waals surface area contributed by atoms with E-state index in [4.69, 9.17) is 11.3 Å². The Kier molecular flexibility index (Phi) is 3.62. The smallest absolute Gasteiger partial charge is 0.416 e. The van der Waals surface area contributed by atoms with Crippen molar-refractivity contribution in [3.63, 3.8) is 0 Å². The molecule has 0 unspecified atom stereocenters. The zero-order chi connectivity index (χ0) is 16.4. The standard InChI is InChI=1S/C15H9F3N4O/c1-19-12-8-22-6-5-20-13(22)14(21-12)23-9-10-3-2-4-11(7-10)15(16,17)18/h2-8H,9H2. The van der Waals surface area contributed by atoms with Crippen molar-refractivity contribution < 1.29 is 17.9 Å². The number of imidazole rings is 1. The molecule has 0 N–H and O–H groups in total. The lowest BCUT2D eigenvalue weighted by Crippen LogP contribution is -2.06. The molecule has 0 aliphatic carbocycles. The minimum absolute atomic E-state index is 0.0981. The highest BCUT2D eigenvalue weighted by Crippen LogP contribution is 2.30. The fourth-order valence-electron chi connectivity index (χ4n) is 2.03. The zero-order valence-corrected chi connectivity index (χ0v) is 11.6.